The van der Waals surface area contributed by atoms with E-state index in [0.29, 0.717) is 6.42 Å². The number of hydrogen-bond donors (Lipinski definition) is 1. The fraction of sp³-hybridized carbons (Fsp3) is 0.818. The average Bonchev–Trinajstić information content (AvgIpc) is 3.01. The highest BCUT2D eigenvalue weighted by atomic mass is 28.4. The van der Waals surface area contributed by atoms with Gasteiger partial charge in [-0.25, -0.2) is 0 Å². The van der Waals surface area contributed by atoms with E-state index in [9.17, 15) is 5.11 Å². The summed E-state index contributed by atoms with van der Waals surface area (Å²) in [7, 11) is -3.78. The Morgan fingerprint density at radius 3 is 1.74 bits per heavy atom. The summed E-state index contributed by atoms with van der Waals surface area (Å²) in [6.07, 6.45) is 8.46. The van der Waals surface area contributed by atoms with Gasteiger partial charge in [0.1, 0.15) is 11.2 Å². The molecule has 1 rings (SSSR count). The minimum Gasteiger partial charge on any atom is -0.549 e. The Hall–Kier alpha value is -0.366. The summed E-state index contributed by atoms with van der Waals surface area (Å²) in [6.45, 7) is 26.5. The molecule has 0 aromatic heterocycles. The zero-order valence-electron chi connectivity index (χ0n) is 19.9. The molecule has 1 saturated carbocycles. The lowest BCUT2D eigenvalue weighted by atomic mass is 10.0. The number of rotatable bonds is 7. The zero-order chi connectivity index (χ0) is 21.5. The number of aliphatic hydroxyl groups is 1. The quantitative estimate of drug-likeness (QED) is 0.290. The SMILES string of the molecule is CC(C)[C@]1(O)C[C@@]1(/C=C/C=C/O[Si](C)(C)C(C)(C)C)O[Si](C)(C)C(C)(C)C. The second kappa shape index (κ2) is 7.47. The first-order valence-corrected chi connectivity index (χ1v) is 16.1. The van der Waals surface area contributed by atoms with E-state index >= 15 is 0 Å². The maximum Gasteiger partial charge on any atom is 0.249 e. The first kappa shape index (κ1) is 24.7. The summed E-state index contributed by atoms with van der Waals surface area (Å²) < 4.78 is 12.8. The predicted molar refractivity (Wildman–Crippen MR) is 122 cm³/mol. The third kappa shape index (κ3) is 5.17. The lowest BCUT2D eigenvalue weighted by Gasteiger charge is -2.40. The van der Waals surface area contributed by atoms with Crippen molar-refractivity contribution in [3.8, 4) is 0 Å². The lowest BCUT2D eigenvalue weighted by Crippen LogP contribution is -2.47. The Balaban J connectivity index is 2.96. The molecule has 0 aromatic rings. The van der Waals surface area contributed by atoms with Gasteiger partial charge in [0.15, 0.2) is 8.32 Å². The largest absolute Gasteiger partial charge is 0.549 e. The van der Waals surface area contributed by atoms with Crippen LogP contribution in [0.25, 0.3) is 0 Å². The third-order valence-electron chi connectivity index (χ3n) is 7.06. The minimum absolute atomic E-state index is 0.107. The first-order valence-electron chi connectivity index (χ1n) is 10.3. The molecule has 1 aliphatic rings. The van der Waals surface area contributed by atoms with E-state index < -0.39 is 27.8 Å². The van der Waals surface area contributed by atoms with Crippen molar-refractivity contribution in [2.45, 2.75) is 109 Å². The van der Waals surface area contributed by atoms with Crippen molar-refractivity contribution in [3.63, 3.8) is 0 Å². The van der Waals surface area contributed by atoms with Crippen molar-refractivity contribution in [1.29, 1.82) is 0 Å². The summed E-state index contributed by atoms with van der Waals surface area (Å²) in [5, 5.41) is 11.4. The third-order valence-corrected chi connectivity index (χ3v) is 15.9. The van der Waals surface area contributed by atoms with E-state index in [1.165, 1.54) is 0 Å². The molecule has 1 fully saturated rings. The van der Waals surface area contributed by atoms with Crippen LogP contribution in [0, 0.1) is 5.92 Å². The molecule has 1 aliphatic carbocycles. The Morgan fingerprint density at radius 1 is 0.889 bits per heavy atom. The summed E-state index contributed by atoms with van der Waals surface area (Å²) in [6, 6.07) is 0. The fourth-order valence-corrected chi connectivity index (χ4v) is 4.97. The highest BCUT2D eigenvalue weighted by molar-refractivity contribution is 6.74. The van der Waals surface area contributed by atoms with Gasteiger partial charge < -0.3 is 14.0 Å². The summed E-state index contributed by atoms with van der Waals surface area (Å²) in [5.41, 5.74) is -1.36. The molecule has 0 bridgehead atoms. The van der Waals surface area contributed by atoms with Gasteiger partial charge in [-0.2, -0.15) is 0 Å². The van der Waals surface area contributed by atoms with Crippen LogP contribution in [0.4, 0.5) is 0 Å². The second-order valence-corrected chi connectivity index (χ2v) is 21.1. The van der Waals surface area contributed by atoms with Gasteiger partial charge in [0, 0.05) is 6.42 Å². The molecule has 0 unspecified atom stereocenters. The van der Waals surface area contributed by atoms with E-state index in [1.54, 1.807) is 0 Å². The zero-order valence-corrected chi connectivity index (χ0v) is 21.9. The number of hydrogen-bond acceptors (Lipinski definition) is 3. The molecule has 0 heterocycles. The molecular formula is C22H44O3Si2. The van der Waals surface area contributed by atoms with Crippen molar-refractivity contribution >= 4 is 16.6 Å². The normalized spacial score (nSPS) is 27.8. The highest BCUT2D eigenvalue weighted by Gasteiger charge is 2.70. The fourth-order valence-electron chi connectivity index (χ4n) is 2.66. The molecule has 3 nitrogen and oxygen atoms in total. The summed E-state index contributed by atoms with van der Waals surface area (Å²) in [4.78, 5) is 0. The van der Waals surface area contributed by atoms with Gasteiger partial charge in [-0.15, -0.1) is 0 Å². The Bertz CT molecular complexity index is 579. The van der Waals surface area contributed by atoms with Crippen molar-refractivity contribution in [2.75, 3.05) is 0 Å². The van der Waals surface area contributed by atoms with Crippen LogP contribution in [0.3, 0.4) is 0 Å². The van der Waals surface area contributed by atoms with E-state index in [4.69, 9.17) is 8.85 Å². The highest BCUT2D eigenvalue weighted by Crippen LogP contribution is 2.59. The van der Waals surface area contributed by atoms with Gasteiger partial charge in [0.25, 0.3) is 0 Å². The van der Waals surface area contributed by atoms with Gasteiger partial charge in [-0.3, -0.25) is 0 Å². The van der Waals surface area contributed by atoms with Crippen LogP contribution in [0.15, 0.2) is 24.5 Å². The monoisotopic (exact) mass is 412 g/mol. The van der Waals surface area contributed by atoms with Gasteiger partial charge in [-0.05, 0) is 48.3 Å². The lowest BCUT2D eigenvalue weighted by molar-refractivity contribution is 0.0209. The predicted octanol–water partition coefficient (Wildman–Crippen LogP) is 6.63. The molecule has 0 aromatic carbocycles. The molecule has 0 radical (unpaired) electrons. The Kier molecular flexibility index (Phi) is 6.83. The molecule has 158 valence electrons. The van der Waals surface area contributed by atoms with Crippen LogP contribution in [0.1, 0.15) is 61.8 Å². The van der Waals surface area contributed by atoms with Gasteiger partial charge in [0.05, 0.1) is 6.26 Å². The first-order chi connectivity index (χ1) is 11.8. The summed E-state index contributed by atoms with van der Waals surface area (Å²) in [5.74, 6) is 0.152. The molecule has 0 saturated heterocycles. The van der Waals surface area contributed by atoms with Crippen molar-refractivity contribution < 1.29 is 14.0 Å². The van der Waals surface area contributed by atoms with Crippen LogP contribution < -0.4 is 0 Å². The molecule has 0 spiro atoms. The van der Waals surface area contributed by atoms with Crippen LogP contribution in [-0.2, 0) is 8.85 Å². The minimum atomic E-state index is -2.00. The number of allylic oxidation sites excluding steroid dienone is 2. The van der Waals surface area contributed by atoms with Crippen molar-refractivity contribution in [1.82, 2.24) is 0 Å². The van der Waals surface area contributed by atoms with Crippen molar-refractivity contribution in [2.24, 2.45) is 5.92 Å². The van der Waals surface area contributed by atoms with E-state index in [-0.39, 0.29) is 16.0 Å². The molecular weight excluding hydrogens is 368 g/mol. The molecule has 5 heteroatoms. The second-order valence-electron chi connectivity index (χ2n) is 11.6. The van der Waals surface area contributed by atoms with Crippen LogP contribution in [0.5, 0.6) is 0 Å². The summed E-state index contributed by atoms with van der Waals surface area (Å²) >= 11 is 0. The van der Waals surface area contributed by atoms with Gasteiger partial charge in [-0.1, -0.05) is 67.5 Å². The standard InChI is InChI=1S/C22H44O3Si2/c1-18(2)22(23)17-21(22,25-27(11,12)20(6,7)8)15-13-14-16-24-26(9,10)19(3,4)5/h13-16,18,23H,17H2,1-12H3/b15-13+,16-14+/t21-,22-/m1/s1. The maximum absolute atomic E-state index is 11.1. The smallest absolute Gasteiger partial charge is 0.249 e. The van der Waals surface area contributed by atoms with E-state index in [0.717, 1.165) is 0 Å². The molecule has 1 N–H and O–H groups in total. The molecule has 0 amide bonds. The van der Waals surface area contributed by atoms with E-state index in [1.807, 2.05) is 18.4 Å². The molecule has 0 aliphatic heterocycles. The molecule has 27 heavy (non-hydrogen) atoms. The van der Waals surface area contributed by atoms with Crippen LogP contribution >= 0.6 is 0 Å². The van der Waals surface area contributed by atoms with Crippen LogP contribution in [0.2, 0.25) is 36.3 Å². The Labute approximate surface area is 170 Å². The van der Waals surface area contributed by atoms with Gasteiger partial charge in [0.2, 0.25) is 8.32 Å². The van der Waals surface area contributed by atoms with Crippen LogP contribution in [-0.4, -0.2) is 32.9 Å². The van der Waals surface area contributed by atoms with Crippen molar-refractivity contribution in [3.05, 3.63) is 24.5 Å². The average molecular weight is 413 g/mol. The van der Waals surface area contributed by atoms with E-state index in [2.05, 4.69) is 87.7 Å². The Morgan fingerprint density at radius 2 is 1.37 bits per heavy atom. The maximum atomic E-state index is 11.1. The topological polar surface area (TPSA) is 38.7 Å². The van der Waals surface area contributed by atoms with Gasteiger partial charge >= 0.3 is 0 Å². The molecule has 2 atom stereocenters.